The Labute approximate surface area is 250 Å². The number of aryl methyl sites for hydroxylation is 1. The average Bonchev–Trinajstić information content (AvgIpc) is 3.35. The summed E-state index contributed by atoms with van der Waals surface area (Å²) in [5, 5.41) is 8.13. The van der Waals surface area contributed by atoms with Crippen molar-refractivity contribution in [3.05, 3.63) is 170 Å². The summed E-state index contributed by atoms with van der Waals surface area (Å²) >= 11 is 0. The van der Waals surface area contributed by atoms with Crippen LogP contribution in [0.4, 0.5) is 0 Å². The van der Waals surface area contributed by atoms with Crippen molar-refractivity contribution in [3.8, 4) is 11.1 Å². The minimum Gasteiger partial charge on any atom is -0.343 e. The van der Waals surface area contributed by atoms with Crippen molar-refractivity contribution in [2.24, 2.45) is 7.05 Å². The first kappa shape index (κ1) is 26.6. The Morgan fingerprint density at radius 1 is 0.405 bits per heavy atom. The molecule has 0 saturated heterocycles. The maximum Gasteiger partial charge on any atom is 0.0589 e. The highest BCUT2D eigenvalue weighted by atomic mass is 31.1. The summed E-state index contributed by atoms with van der Waals surface area (Å²) in [6.45, 7) is 0. The van der Waals surface area contributed by atoms with Crippen molar-refractivity contribution in [2.75, 3.05) is 0 Å². The summed E-state index contributed by atoms with van der Waals surface area (Å²) in [7, 11) is 0.645. The Kier molecular flexibility index (Phi) is 7.55. The van der Waals surface area contributed by atoms with Crippen LogP contribution in [0.15, 0.2) is 170 Å². The van der Waals surface area contributed by atoms with E-state index in [0.29, 0.717) is 0 Å². The van der Waals surface area contributed by atoms with E-state index in [2.05, 4.69) is 181 Å². The van der Waals surface area contributed by atoms with Gasteiger partial charge in [-0.3, -0.25) is 0 Å². The lowest BCUT2D eigenvalue weighted by atomic mass is 10.0. The number of hydrogen-bond acceptors (Lipinski definition) is 0. The minimum atomic E-state index is -0.828. The molecule has 0 fully saturated rings. The van der Waals surface area contributed by atoms with E-state index in [4.69, 9.17) is 0 Å². The van der Waals surface area contributed by atoms with Crippen LogP contribution in [0.3, 0.4) is 0 Å². The molecule has 0 aliphatic carbocycles. The Bertz CT molecular complexity index is 1850. The number of rotatable bonds is 7. The molecule has 0 atom stereocenters. The van der Waals surface area contributed by atoms with Crippen LogP contribution >= 0.6 is 15.8 Å². The molecule has 7 aromatic rings. The predicted molar refractivity (Wildman–Crippen MR) is 186 cm³/mol. The van der Waals surface area contributed by atoms with Gasteiger partial charge in [0.2, 0.25) is 0 Å². The van der Waals surface area contributed by atoms with Crippen LogP contribution in [0.5, 0.6) is 0 Å². The zero-order valence-corrected chi connectivity index (χ0v) is 25.3. The maximum absolute atomic E-state index is 2.46. The van der Waals surface area contributed by atoms with E-state index in [1.54, 1.807) is 0 Å². The number of hydrogen-bond donors (Lipinski definition) is 0. The number of para-hydroxylation sites is 1. The molecule has 0 aliphatic heterocycles. The number of fused-ring (bicyclic) bond motifs is 1. The molecular weight excluding hydrogens is 544 g/mol. The molecule has 0 radical (unpaired) electrons. The SMILES string of the molecule is Cn1c(P(c2ccccc2)c2ccccc2)c(-c2ccccc2P(c2ccccc2)c2ccccc2)c2ccccc21. The molecule has 0 aliphatic rings. The van der Waals surface area contributed by atoms with Gasteiger partial charge in [-0.2, -0.15) is 0 Å². The zero-order chi connectivity index (χ0) is 28.3. The molecular formula is C39H31NP2. The highest BCUT2D eigenvalue weighted by Crippen LogP contribution is 2.44. The van der Waals surface area contributed by atoms with Gasteiger partial charge in [0.25, 0.3) is 0 Å². The zero-order valence-electron chi connectivity index (χ0n) is 23.5. The maximum atomic E-state index is 2.46. The lowest BCUT2D eigenvalue weighted by molar-refractivity contribution is 1.00. The van der Waals surface area contributed by atoms with Crippen LogP contribution in [0.1, 0.15) is 0 Å². The molecule has 1 aromatic heterocycles. The van der Waals surface area contributed by atoms with Crippen molar-refractivity contribution >= 4 is 58.7 Å². The van der Waals surface area contributed by atoms with Gasteiger partial charge in [0, 0.05) is 31.4 Å². The number of aromatic nitrogens is 1. The molecule has 0 amide bonds. The standard InChI is InChI=1S/C39H31NP2/c1-40-36-28-16-14-26-34(36)38(39(40)42(32-22-10-4-11-23-32)33-24-12-5-13-25-33)35-27-15-17-29-37(35)41(30-18-6-2-7-19-30)31-20-8-3-9-21-31/h2-29H,1H3. The van der Waals surface area contributed by atoms with E-state index < -0.39 is 15.8 Å². The molecule has 0 saturated carbocycles. The van der Waals surface area contributed by atoms with Crippen LogP contribution in [0.2, 0.25) is 0 Å². The van der Waals surface area contributed by atoms with Gasteiger partial charge in [-0.25, -0.2) is 0 Å². The molecule has 0 bridgehead atoms. The fourth-order valence-corrected chi connectivity index (χ4v) is 11.0. The molecule has 1 heterocycles. The fourth-order valence-electron chi connectivity index (χ4n) is 5.92. The quantitative estimate of drug-likeness (QED) is 0.175. The molecule has 202 valence electrons. The van der Waals surface area contributed by atoms with Gasteiger partial charge in [0.05, 0.1) is 5.44 Å². The lowest BCUT2D eigenvalue weighted by Crippen LogP contribution is -2.28. The van der Waals surface area contributed by atoms with Crippen molar-refractivity contribution in [1.29, 1.82) is 0 Å². The molecule has 6 aromatic carbocycles. The second-order valence-corrected chi connectivity index (χ2v) is 14.6. The van der Waals surface area contributed by atoms with E-state index >= 15 is 0 Å². The van der Waals surface area contributed by atoms with Gasteiger partial charge in [-0.15, -0.1) is 0 Å². The number of benzene rings is 6. The van der Waals surface area contributed by atoms with Gasteiger partial charge < -0.3 is 4.57 Å². The minimum absolute atomic E-state index is 0.779. The molecule has 3 heteroatoms. The van der Waals surface area contributed by atoms with E-state index in [1.807, 2.05) is 0 Å². The monoisotopic (exact) mass is 575 g/mol. The van der Waals surface area contributed by atoms with Crippen molar-refractivity contribution in [3.63, 3.8) is 0 Å². The average molecular weight is 576 g/mol. The summed E-state index contributed by atoms with van der Waals surface area (Å²) in [4.78, 5) is 0. The van der Waals surface area contributed by atoms with Crippen molar-refractivity contribution < 1.29 is 0 Å². The first-order chi connectivity index (χ1) is 20.8. The van der Waals surface area contributed by atoms with Crippen molar-refractivity contribution in [1.82, 2.24) is 4.57 Å². The molecule has 1 nitrogen and oxygen atoms in total. The Morgan fingerprint density at radius 2 is 0.810 bits per heavy atom. The first-order valence-corrected chi connectivity index (χ1v) is 17.0. The largest absolute Gasteiger partial charge is 0.343 e. The highest BCUT2D eigenvalue weighted by molar-refractivity contribution is 7.80. The summed E-state index contributed by atoms with van der Waals surface area (Å²) in [5.74, 6) is 0. The summed E-state index contributed by atoms with van der Waals surface area (Å²) in [5.41, 5.74) is 5.32. The fraction of sp³-hybridized carbons (Fsp3) is 0.0256. The molecule has 0 spiro atoms. The number of nitrogens with zero attached hydrogens (tertiary/aromatic N) is 1. The molecule has 7 rings (SSSR count). The third-order valence-corrected chi connectivity index (χ3v) is 12.8. The normalized spacial score (nSPS) is 11.4. The van der Waals surface area contributed by atoms with Crippen LogP contribution in [0.25, 0.3) is 22.0 Å². The van der Waals surface area contributed by atoms with E-state index in [-0.39, 0.29) is 0 Å². The first-order valence-electron chi connectivity index (χ1n) is 14.3. The van der Waals surface area contributed by atoms with Gasteiger partial charge in [-0.1, -0.05) is 164 Å². The highest BCUT2D eigenvalue weighted by Gasteiger charge is 2.29. The van der Waals surface area contributed by atoms with Crippen molar-refractivity contribution in [2.45, 2.75) is 0 Å². The van der Waals surface area contributed by atoms with Gasteiger partial charge in [0.1, 0.15) is 0 Å². The van der Waals surface area contributed by atoms with Gasteiger partial charge >= 0.3 is 0 Å². The van der Waals surface area contributed by atoms with Crippen LogP contribution in [-0.4, -0.2) is 4.57 Å². The van der Waals surface area contributed by atoms with Gasteiger partial charge in [-0.05, 0) is 46.1 Å². The second-order valence-electron chi connectivity index (χ2n) is 10.3. The Morgan fingerprint density at radius 3 is 1.33 bits per heavy atom. The van der Waals surface area contributed by atoms with Crippen LogP contribution in [0, 0.1) is 0 Å². The Hall–Kier alpha value is -4.28. The molecule has 42 heavy (non-hydrogen) atoms. The smallest absolute Gasteiger partial charge is 0.0589 e. The molecule has 0 unspecified atom stereocenters. The van der Waals surface area contributed by atoms with Gasteiger partial charge in [0.15, 0.2) is 0 Å². The topological polar surface area (TPSA) is 4.93 Å². The summed E-state index contributed by atoms with van der Waals surface area (Å²) < 4.78 is 2.46. The molecule has 0 N–H and O–H groups in total. The predicted octanol–water partition coefficient (Wildman–Crippen LogP) is 7.36. The van der Waals surface area contributed by atoms with Crippen LogP contribution < -0.4 is 32.0 Å². The van der Waals surface area contributed by atoms with Crippen LogP contribution in [-0.2, 0) is 7.05 Å². The lowest BCUT2D eigenvalue weighted by Gasteiger charge is -2.25. The van der Waals surface area contributed by atoms with E-state index in [0.717, 1.165) is 0 Å². The second kappa shape index (κ2) is 11.9. The third-order valence-electron chi connectivity index (χ3n) is 7.76. The van der Waals surface area contributed by atoms with E-state index in [1.165, 1.54) is 54.0 Å². The third kappa shape index (κ3) is 4.90. The van der Waals surface area contributed by atoms with E-state index in [9.17, 15) is 0 Å². The Balaban J connectivity index is 1.56. The summed E-state index contributed by atoms with van der Waals surface area (Å²) in [6, 6.07) is 62.3. The summed E-state index contributed by atoms with van der Waals surface area (Å²) in [6.07, 6.45) is 0.